The molecule has 3 rings (SSSR count). The van der Waals surface area contributed by atoms with Crippen LogP contribution in [0.25, 0.3) is 11.2 Å². The van der Waals surface area contributed by atoms with Gasteiger partial charge in [-0.25, -0.2) is 0 Å². The molecule has 1 aliphatic heterocycles. The van der Waals surface area contributed by atoms with Crippen LogP contribution >= 0.6 is 0 Å². The number of piperazine rings is 1. The molecule has 0 radical (unpaired) electrons. The lowest BCUT2D eigenvalue weighted by Gasteiger charge is -2.27. The maximum Gasteiger partial charge on any atom is 0.320 e. The smallest absolute Gasteiger partial charge is 0.320 e. The lowest BCUT2D eigenvalue weighted by molar-refractivity contribution is 0.141. The molecule has 0 saturated carbocycles. The molecule has 2 aromatic rings. The summed E-state index contributed by atoms with van der Waals surface area (Å²) in [6.45, 7) is 14.2. The lowest BCUT2D eigenvalue weighted by atomic mass is 10.2. The molecule has 11 heteroatoms. The Hall–Kier alpha value is -2.99. The number of hydrogen-bond acceptors (Lipinski definition) is 10. The zero-order valence-electron chi connectivity index (χ0n) is 20.1. The number of fused-ring (bicyclic) bond motifs is 1. The molecule has 0 bridgehead atoms. The molecule has 0 aliphatic carbocycles. The van der Waals surface area contributed by atoms with Crippen molar-refractivity contribution >= 4 is 17.0 Å². The van der Waals surface area contributed by atoms with Crippen LogP contribution < -0.4 is 21.1 Å². The number of methoxy groups -OCH3 is 1. The standard InChI is InChI=1S/C23H36N8O3/c1-4-18(15-26-9-12-30-10-7-25-8-11-30)6-5-17(2)16-31-21-19(27-23(31)32)20(24)28-22(29-21)34-14-13-33-3/h4-6,25-26H,2,7-16H2,1,3H3,(H,27,32)(H2,24,28,29)/b6-5-,18-4+. The second kappa shape index (κ2) is 13.0. The highest BCUT2D eigenvalue weighted by Gasteiger charge is 2.17. The van der Waals surface area contributed by atoms with E-state index in [1.165, 1.54) is 4.57 Å². The molecule has 11 nitrogen and oxygen atoms in total. The molecule has 2 aromatic heterocycles. The minimum Gasteiger partial charge on any atom is -0.480 e. The summed E-state index contributed by atoms with van der Waals surface area (Å²) in [5.41, 5.74) is 8.61. The van der Waals surface area contributed by atoms with Gasteiger partial charge in [0.1, 0.15) is 6.61 Å². The second-order valence-electron chi connectivity index (χ2n) is 8.03. The largest absolute Gasteiger partial charge is 0.480 e. The van der Waals surface area contributed by atoms with E-state index >= 15 is 0 Å². The van der Waals surface area contributed by atoms with E-state index in [1.807, 2.05) is 19.1 Å². The number of allylic oxidation sites excluding steroid dienone is 3. The van der Waals surface area contributed by atoms with Gasteiger partial charge < -0.3 is 30.9 Å². The summed E-state index contributed by atoms with van der Waals surface area (Å²) in [6.07, 6.45) is 6.03. The van der Waals surface area contributed by atoms with Gasteiger partial charge in [-0.3, -0.25) is 9.47 Å². The van der Waals surface area contributed by atoms with E-state index in [0.29, 0.717) is 24.3 Å². The van der Waals surface area contributed by atoms with Crippen LogP contribution in [0.4, 0.5) is 5.82 Å². The van der Waals surface area contributed by atoms with Crippen molar-refractivity contribution in [2.24, 2.45) is 0 Å². The van der Waals surface area contributed by atoms with E-state index in [4.69, 9.17) is 15.2 Å². The predicted molar refractivity (Wildman–Crippen MR) is 133 cm³/mol. The number of nitrogens with zero attached hydrogens (tertiary/aromatic N) is 5. The van der Waals surface area contributed by atoms with Crippen LogP contribution in [0.1, 0.15) is 6.92 Å². The zero-order chi connectivity index (χ0) is 24.3. The molecule has 0 amide bonds. The van der Waals surface area contributed by atoms with Gasteiger partial charge >= 0.3 is 6.01 Å². The molecule has 186 valence electrons. The molecule has 34 heavy (non-hydrogen) atoms. The third kappa shape index (κ3) is 7.26. The van der Waals surface area contributed by atoms with Crippen molar-refractivity contribution in [1.29, 1.82) is 0 Å². The molecule has 1 saturated heterocycles. The first-order chi connectivity index (χ1) is 16.5. The Morgan fingerprint density at radius 3 is 2.76 bits per heavy atom. The van der Waals surface area contributed by atoms with Crippen LogP contribution in [-0.4, -0.2) is 95.7 Å². The van der Waals surface area contributed by atoms with Crippen LogP contribution in [0.15, 0.2) is 36.0 Å². The van der Waals surface area contributed by atoms with Crippen LogP contribution in [0, 0.1) is 0 Å². The summed E-state index contributed by atoms with van der Waals surface area (Å²) in [7, 11) is 1.58. The summed E-state index contributed by atoms with van der Waals surface area (Å²) >= 11 is 0. The van der Waals surface area contributed by atoms with E-state index in [-0.39, 0.29) is 24.4 Å². The van der Waals surface area contributed by atoms with E-state index in [2.05, 4.69) is 43.1 Å². The highest BCUT2D eigenvalue weighted by atomic mass is 16.5. The van der Waals surface area contributed by atoms with Gasteiger partial charge in [0.15, 0.2) is 17.0 Å². The van der Waals surface area contributed by atoms with Gasteiger partial charge in [0.05, 0.1) is 13.2 Å². The van der Waals surface area contributed by atoms with Gasteiger partial charge in [-0.1, -0.05) is 24.8 Å². The Balaban J connectivity index is 1.57. The maximum absolute atomic E-state index is 10.4. The van der Waals surface area contributed by atoms with Crippen molar-refractivity contribution < 1.29 is 14.6 Å². The summed E-state index contributed by atoms with van der Waals surface area (Å²) in [5.74, 6) is 0.135. The van der Waals surface area contributed by atoms with Gasteiger partial charge in [0, 0.05) is 52.9 Å². The minimum absolute atomic E-state index is 0.104. The third-order valence-electron chi connectivity index (χ3n) is 5.51. The number of nitrogens with one attached hydrogen (secondary N) is 2. The topological polar surface area (TPSA) is 136 Å². The number of aromatic hydroxyl groups is 1. The van der Waals surface area contributed by atoms with Gasteiger partial charge in [-0.15, -0.1) is 0 Å². The zero-order valence-corrected chi connectivity index (χ0v) is 20.1. The molecule has 5 N–H and O–H groups in total. The van der Waals surface area contributed by atoms with Crippen LogP contribution in [0.2, 0.25) is 0 Å². The van der Waals surface area contributed by atoms with E-state index < -0.39 is 0 Å². The van der Waals surface area contributed by atoms with Crippen LogP contribution in [-0.2, 0) is 11.3 Å². The number of nitrogen functional groups attached to an aromatic ring is 1. The molecule has 0 unspecified atom stereocenters. The fourth-order valence-corrected chi connectivity index (χ4v) is 3.56. The van der Waals surface area contributed by atoms with Gasteiger partial charge in [-0.2, -0.15) is 15.0 Å². The summed E-state index contributed by atoms with van der Waals surface area (Å²) in [4.78, 5) is 15.0. The Morgan fingerprint density at radius 2 is 2.03 bits per heavy atom. The monoisotopic (exact) mass is 472 g/mol. The van der Waals surface area contributed by atoms with Crippen LogP contribution in [0.3, 0.4) is 0 Å². The number of ether oxygens (including phenoxy) is 2. The van der Waals surface area contributed by atoms with Crippen molar-refractivity contribution in [3.63, 3.8) is 0 Å². The molecule has 3 heterocycles. The number of rotatable bonds is 13. The quantitative estimate of drug-likeness (QED) is 0.244. The SMILES string of the molecule is C=C(/C=C\C(=C/C)CNCCN1CCNCC1)Cn1c(O)nc2c(N)nc(OCCOC)nc21. The predicted octanol–water partition coefficient (Wildman–Crippen LogP) is 0.693. The fourth-order valence-electron chi connectivity index (χ4n) is 3.56. The second-order valence-corrected chi connectivity index (χ2v) is 8.03. The first kappa shape index (κ1) is 25.6. The Morgan fingerprint density at radius 1 is 1.24 bits per heavy atom. The average Bonchev–Trinajstić information content (AvgIpc) is 3.15. The third-order valence-corrected chi connectivity index (χ3v) is 5.51. The maximum atomic E-state index is 10.4. The lowest BCUT2D eigenvalue weighted by Crippen LogP contribution is -2.45. The summed E-state index contributed by atoms with van der Waals surface area (Å²) in [6, 6.07) is -0.104. The van der Waals surface area contributed by atoms with Crippen molar-refractivity contribution in [2.75, 3.05) is 71.9 Å². The van der Waals surface area contributed by atoms with E-state index in [0.717, 1.165) is 57.0 Å². The number of anilines is 1. The van der Waals surface area contributed by atoms with E-state index in [1.54, 1.807) is 7.11 Å². The Kier molecular flexibility index (Phi) is 9.83. The summed E-state index contributed by atoms with van der Waals surface area (Å²) < 4.78 is 12.0. The molecule has 0 atom stereocenters. The molecule has 0 spiro atoms. The molecular weight excluding hydrogens is 436 g/mol. The van der Waals surface area contributed by atoms with Gasteiger partial charge in [-0.05, 0) is 18.1 Å². The minimum atomic E-state index is -0.208. The average molecular weight is 473 g/mol. The van der Waals surface area contributed by atoms with E-state index in [9.17, 15) is 5.11 Å². The number of imidazole rings is 1. The fraction of sp³-hybridized carbons (Fsp3) is 0.522. The first-order valence-electron chi connectivity index (χ1n) is 11.5. The number of hydrogen-bond donors (Lipinski definition) is 4. The molecule has 0 aromatic carbocycles. The van der Waals surface area contributed by atoms with Crippen molar-refractivity contribution in [3.8, 4) is 12.0 Å². The summed E-state index contributed by atoms with van der Waals surface area (Å²) in [5, 5.41) is 17.2. The van der Waals surface area contributed by atoms with Crippen molar-refractivity contribution in [2.45, 2.75) is 13.5 Å². The normalized spacial score (nSPS) is 15.4. The Labute approximate surface area is 200 Å². The van der Waals surface area contributed by atoms with Crippen molar-refractivity contribution in [3.05, 3.63) is 36.0 Å². The highest BCUT2D eigenvalue weighted by molar-refractivity contribution is 5.83. The highest BCUT2D eigenvalue weighted by Crippen LogP contribution is 2.25. The molecule has 1 aliphatic rings. The van der Waals surface area contributed by atoms with Gasteiger partial charge in [0.2, 0.25) is 0 Å². The Bertz CT molecular complexity index is 1010. The molecule has 1 fully saturated rings. The number of nitrogens with two attached hydrogens (primary N) is 1. The van der Waals surface area contributed by atoms with Crippen LogP contribution in [0.5, 0.6) is 12.0 Å². The first-order valence-corrected chi connectivity index (χ1v) is 11.5. The van der Waals surface area contributed by atoms with Gasteiger partial charge in [0.25, 0.3) is 6.01 Å². The molecular formula is C23H36N8O3. The number of aromatic nitrogens is 4. The van der Waals surface area contributed by atoms with Crippen molar-refractivity contribution in [1.82, 2.24) is 35.1 Å².